The number of nitrogens with two attached hydrogens (primary N) is 1. The Morgan fingerprint density at radius 1 is 1.22 bits per heavy atom. The number of nitrogens with one attached hydrogen (secondary N) is 1. The van der Waals surface area contributed by atoms with Crippen LogP contribution in [0.3, 0.4) is 0 Å². The van der Waals surface area contributed by atoms with Gasteiger partial charge in [0.2, 0.25) is 10.0 Å². The minimum absolute atomic E-state index is 0.0227. The van der Waals surface area contributed by atoms with Crippen LogP contribution in [0.5, 0.6) is 0 Å². The molecule has 0 spiro atoms. The molecular weight excluding hydrogens is 316 g/mol. The quantitative estimate of drug-likeness (QED) is 0.835. The van der Waals surface area contributed by atoms with Crippen molar-refractivity contribution in [2.24, 2.45) is 5.14 Å². The first-order chi connectivity index (χ1) is 10.9. The second kappa shape index (κ2) is 6.46. The van der Waals surface area contributed by atoms with Gasteiger partial charge in [0.05, 0.1) is 16.8 Å². The van der Waals surface area contributed by atoms with Gasteiger partial charge in [-0.05, 0) is 37.9 Å². The summed E-state index contributed by atoms with van der Waals surface area (Å²) < 4.78 is 23.8. The molecule has 1 aliphatic rings. The van der Waals surface area contributed by atoms with E-state index in [2.05, 4.69) is 9.88 Å². The third-order valence-corrected chi connectivity index (χ3v) is 5.31. The van der Waals surface area contributed by atoms with Gasteiger partial charge in [0, 0.05) is 19.1 Å². The van der Waals surface area contributed by atoms with Crippen molar-refractivity contribution in [2.75, 3.05) is 25.4 Å². The predicted octanol–water partition coefficient (Wildman–Crippen LogP) is 0.645. The molecule has 1 aromatic heterocycles. The molecule has 3 rings (SSSR count). The van der Waals surface area contributed by atoms with E-state index in [1.54, 1.807) is 0 Å². The van der Waals surface area contributed by atoms with Gasteiger partial charge in [-0.2, -0.15) is 0 Å². The lowest BCUT2D eigenvalue weighted by Crippen LogP contribution is -2.38. The Bertz CT molecular complexity index is 832. The Labute approximate surface area is 135 Å². The zero-order chi connectivity index (χ0) is 16.4. The molecule has 1 fully saturated rings. The predicted molar refractivity (Wildman–Crippen MR) is 89.9 cm³/mol. The van der Waals surface area contributed by atoms with E-state index >= 15 is 0 Å². The van der Waals surface area contributed by atoms with Crippen molar-refractivity contribution < 1.29 is 8.42 Å². The van der Waals surface area contributed by atoms with E-state index in [1.165, 1.54) is 0 Å². The highest BCUT2D eigenvalue weighted by atomic mass is 32.2. The molecule has 0 radical (unpaired) electrons. The highest BCUT2D eigenvalue weighted by Gasteiger charge is 2.23. The Hall–Kier alpha value is -1.64. The van der Waals surface area contributed by atoms with Crippen molar-refractivity contribution in [1.29, 1.82) is 0 Å². The Morgan fingerprint density at radius 3 is 2.61 bits per heavy atom. The van der Waals surface area contributed by atoms with E-state index in [1.807, 2.05) is 28.8 Å². The number of fused-ring (bicyclic) bond motifs is 1. The summed E-state index contributed by atoms with van der Waals surface area (Å²) in [5, 5.41) is 5.02. The average Bonchev–Trinajstić information content (AvgIpc) is 2.83. The lowest BCUT2D eigenvalue weighted by atomic mass is 10.0. The number of likely N-dealkylation sites (tertiary alicyclic amines) is 1. The summed E-state index contributed by atoms with van der Waals surface area (Å²) in [6, 6.07) is 7.92. The van der Waals surface area contributed by atoms with E-state index in [-0.39, 0.29) is 17.5 Å². The number of H-pyrrole nitrogens is 1. The van der Waals surface area contributed by atoms with Gasteiger partial charge in [-0.3, -0.25) is 4.57 Å². The fourth-order valence-corrected chi connectivity index (χ4v) is 3.86. The number of piperidine rings is 1. The van der Waals surface area contributed by atoms with Gasteiger partial charge in [0.15, 0.2) is 0 Å². The molecule has 0 aliphatic carbocycles. The van der Waals surface area contributed by atoms with Gasteiger partial charge < -0.3 is 9.88 Å². The van der Waals surface area contributed by atoms with Gasteiger partial charge >= 0.3 is 5.69 Å². The number of imidazole rings is 1. The summed E-state index contributed by atoms with van der Waals surface area (Å²) in [7, 11) is -3.38. The average molecular weight is 338 g/mol. The second-order valence-corrected chi connectivity index (χ2v) is 7.84. The van der Waals surface area contributed by atoms with E-state index in [4.69, 9.17) is 5.14 Å². The smallest absolute Gasteiger partial charge is 0.306 e. The number of rotatable bonds is 5. The summed E-state index contributed by atoms with van der Waals surface area (Å²) in [5.74, 6) is 0.0227. The van der Waals surface area contributed by atoms with Crippen LogP contribution in [0.4, 0.5) is 0 Å². The zero-order valence-corrected chi connectivity index (χ0v) is 13.8. The molecule has 0 atom stereocenters. The topological polar surface area (TPSA) is 101 Å². The number of hydrogen-bond donors (Lipinski definition) is 2. The first-order valence-electron chi connectivity index (χ1n) is 7.86. The molecular formula is C15H22N4O3S. The van der Waals surface area contributed by atoms with Gasteiger partial charge in [-0.15, -0.1) is 0 Å². The SMILES string of the molecule is NS(=O)(=O)CCCN1CCC(n2c(=O)[nH]c3ccccc32)CC1. The number of aromatic amines is 1. The Balaban J connectivity index is 1.62. The molecule has 1 aromatic carbocycles. The van der Waals surface area contributed by atoms with Crippen LogP contribution in [-0.2, 0) is 10.0 Å². The molecule has 126 valence electrons. The first kappa shape index (κ1) is 16.2. The number of primary sulfonamides is 1. The monoisotopic (exact) mass is 338 g/mol. The van der Waals surface area contributed by atoms with Crippen molar-refractivity contribution in [3.63, 3.8) is 0 Å². The maximum Gasteiger partial charge on any atom is 0.326 e. The zero-order valence-electron chi connectivity index (χ0n) is 12.9. The number of hydrogen-bond acceptors (Lipinski definition) is 4. The molecule has 1 saturated heterocycles. The van der Waals surface area contributed by atoms with Crippen LogP contribution >= 0.6 is 0 Å². The van der Waals surface area contributed by atoms with Gasteiger partial charge in [0.1, 0.15) is 0 Å². The van der Waals surface area contributed by atoms with E-state index < -0.39 is 10.0 Å². The number of benzene rings is 1. The van der Waals surface area contributed by atoms with Crippen molar-refractivity contribution in [2.45, 2.75) is 25.3 Å². The number of sulfonamides is 1. The molecule has 2 heterocycles. The molecule has 3 N–H and O–H groups in total. The second-order valence-electron chi connectivity index (χ2n) is 6.11. The van der Waals surface area contributed by atoms with Crippen molar-refractivity contribution in [3.05, 3.63) is 34.7 Å². The Morgan fingerprint density at radius 2 is 1.91 bits per heavy atom. The van der Waals surface area contributed by atoms with E-state index in [0.29, 0.717) is 6.42 Å². The van der Waals surface area contributed by atoms with E-state index in [0.717, 1.165) is 43.5 Å². The maximum absolute atomic E-state index is 12.2. The van der Waals surface area contributed by atoms with Crippen molar-refractivity contribution in [3.8, 4) is 0 Å². The first-order valence-corrected chi connectivity index (χ1v) is 9.58. The highest BCUT2D eigenvalue weighted by molar-refractivity contribution is 7.89. The molecule has 0 saturated carbocycles. The molecule has 0 amide bonds. The fraction of sp³-hybridized carbons (Fsp3) is 0.533. The molecule has 1 aliphatic heterocycles. The van der Waals surface area contributed by atoms with Crippen molar-refractivity contribution in [1.82, 2.24) is 14.5 Å². The molecule has 0 bridgehead atoms. The summed E-state index contributed by atoms with van der Waals surface area (Å²) in [5.41, 5.74) is 1.76. The lowest BCUT2D eigenvalue weighted by molar-refractivity contribution is 0.187. The normalized spacial score (nSPS) is 17.8. The van der Waals surface area contributed by atoms with Crippen LogP contribution in [0.15, 0.2) is 29.1 Å². The van der Waals surface area contributed by atoms with Gasteiger partial charge in [0.25, 0.3) is 0 Å². The summed E-state index contributed by atoms with van der Waals surface area (Å²) in [6.45, 7) is 2.45. The van der Waals surface area contributed by atoms with Crippen LogP contribution in [0.25, 0.3) is 11.0 Å². The molecule has 2 aromatic rings. The highest BCUT2D eigenvalue weighted by Crippen LogP contribution is 2.24. The molecule has 7 nitrogen and oxygen atoms in total. The third kappa shape index (κ3) is 3.82. The van der Waals surface area contributed by atoms with Crippen molar-refractivity contribution >= 4 is 21.1 Å². The third-order valence-electron chi connectivity index (χ3n) is 4.45. The molecule has 0 unspecified atom stereocenters. The van der Waals surface area contributed by atoms with Crippen LogP contribution in [0.2, 0.25) is 0 Å². The largest absolute Gasteiger partial charge is 0.326 e. The lowest BCUT2D eigenvalue weighted by Gasteiger charge is -2.32. The summed E-state index contributed by atoms with van der Waals surface area (Å²) in [4.78, 5) is 17.4. The minimum Gasteiger partial charge on any atom is -0.306 e. The summed E-state index contributed by atoms with van der Waals surface area (Å²) >= 11 is 0. The minimum atomic E-state index is -3.38. The maximum atomic E-state index is 12.2. The van der Waals surface area contributed by atoms with Crippen LogP contribution in [-0.4, -0.2) is 48.3 Å². The van der Waals surface area contributed by atoms with Gasteiger partial charge in [-0.25, -0.2) is 18.4 Å². The molecule has 8 heteroatoms. The molecule has 23 heavy (non-hydrogen) atoms. The van der Waals surface area contributed by atoms with Gasteiger partial charge in [-0.1, -0.05) is 12.1 Å². The number of para-hydroxylation sites is 2. The number of nitrogens with zero attached hydrogens (tertiary/aromatic N) is 2. The standard InChI is InChI=1S/C15H22N4O3S/c16-23(21,22)11-3-8-18-9-6-12(7-10-18)19-14-5-2-1-4-13(14)17-15(19)20/h1-2,4-5,12H,3,6-11H2,(H,17,20)(H2,16,21,22). The van der Waals surface area contributed by atoms with Crippen LogP contribution in [0.1, 0.15) is 25.3 Å². The van der Waals surface area contributed by atoms with E-state index in [9.17, 15) is 13.2 Å². The number of aromatic nitrogens is 2. The Kier molecular flexibility index (Phi) is 4.56. The summed E-state index contributed by atoms with van der Waals surface area (Å²) in [6.07, 6.45) is 2.32. The van der Waals surface area contributed by atoms with Crippen LogP contribution in [0, 0.1) is 0 Å². The fourth-order valence-electron chi connectivity index (χ4n) is 3.33. The van der Waals surface area contributed by atoms with Crippen LogP contribution < -0.4 is 10.8 Å².